The normalized spacial score (nSPS) is 16.1. The number of rotatable bonds is 5. The van der Waals surface area contributed by atoms with Crippen LogP contribution in [0.5, 0.6) is 0 Å². The van der Waals surface area contributed by atoms with Crippen molar-refractivity contribution >= 4 is 11.8 Å². The predicted molar refractivity (Wildman–Crippen MR) is 84.9 cm³/mol. The highest BCUT2D eigenvalue weighted by molar-refractivity contribution is 5.92. The van der Waals surface area contributed by atoms with E-state index in [0.29, 0.717) is 26.2 Å². The molecule has 0 aromatic carbocycles. The molecule has 1 aliphatic rings. The number of nitrogens with two attached hydrogens (primary N) is 1. The second-order valence-corrected chi connectivity index (χ2v) is 5.67. The molecule has 2 heterocycles. The van der Waals surface area contributed by atoms with Crippen LogP contribution in [0, 0.1) is 0 Å². The summed E-state index contributed by atoms with van der Waals surface area (Å²) in [4.78, 5) is 38.9. The number of hydrogen-bond donors (Lipinski definition) is 1. The zero-order valence-corrected chi connectivity index (χ0v) is 13.4. The van der Waals surface area contributed by atoms with E-state index in [0.717, 1.165) is 19.4 Å². The van der Waals surface area contributed by atoms with Crippen molar-refractivity contribution in [1.82, 2.24) is 19.6 Å². The van der Waals surface area contributed by atoms with Crippen molar-refractivity contribution in [3.8, 4) is 0 Å². The van der Waals surface area contributed by atoms with Gasteiger partial charge in [-0.1, -0.05) is 6.92 Å². The van der Waals surface area contributed by atoms with Crippen LogP contribution in [0.25, 0.3) is 0 Å². The van der Waals surface area contributed by atoms with E-state index < -0.39 is 0 Å². The van der Waals surface area contributed by atoms with Crippen LogP contribution in [0.4, 0.5) is 0 Å². The molecule has 1 aliphatic heterocycles. The Labute approximate surface area is 134 Å². The van der Waals surface area contributed by atoms with E-state index in [4.69, 9.17) is 5.73 Å². The lowest BCUT2D eigenvalue weighted by atomic mass is 10.3. The summed E-state index contributed by atoms with van der Waals surface area (Å²) >= 11 is 0. The second-order valence-electron chi connectivity index (χ2n) is 5.67. The number of aryl methyl sites for hydroxylation is 1. The molecule has 23 heavy (non-hydrogen) atoms. The molecule has 0 saturated carbocycles. The van der Waals surface area contributed by atoms with Gasteiger partial charge >= 0.3 is 0 Å². The molecule has 8 heteroatoms. The number of carbonyl (C=O) groups is 2. The maximum atomic E-state index is 12.6. The Morgan fingerprint density at radius 2 is 2.00 bits per heavy atom. The number of aromatic nitrogens is 2. The molecule has 0 radical (unpaired) electrons. The van der Waals surface area contributed by atoms with Crippen molar-refractivity contribution < 1.29 is 9.59 Å². The monoisotopic (exact) mass is 321 g/mol. The van der Waals surface area contributed by atoms with Gasteiger partial charge in [-0.25, -0.2) is 4.68 Å². The van der Waals surface area contributed by atoms with Gasteiger partial charge in [0.05, 0.1) is 6.54 Å². The van der Waals surface area contributed by atoms with Gasteiger partial charge in [-0.15, -0.1) is 0 Å². The molecule has 1 aromatic heterocycles. The number of nitrogens with zero attached hydrogens (tertiary/aromatic N) is 4. The highest BCUT2D eigenvalue weighted by Crippen LogP contribution is 2.07. The van der Waals surface area contributed by atoms with Gasteiger partial charge in [0.15, 0.2) is 0 Å². The standard InChI is InChI=1S/C15H23N5O3/c1-2-6-20-14(22)5-4-12(17-20)15(23)19-8-3-7-18(9-10-19)11-13(16)21/h4-5H,2-3,6-11H2,1H3,(H2,16,21). The van der Waals surface area contributed by atoms with Gasteiger partial charge < -0.3 is 10.6 Å². The van der Waals surface area contributed by atoms with Crippen LogP contribution in [-0.2, 0) is 11.3 Å². The lowest BCUT2D eigenvalue weighted by Gasteiger charge is -2.21. The molecule has 126 valence electrons. The van der Waals surface area contributed by atoms with Crippen LogP contribution in [0.3, 0.4) is 0 Å². The Bertz CT molecular complexity index is 628. The Morgan fingerprint density at radius 1 is 1.22 bits per heavy atom. The van der Waals surface area contributed by atoms with Crippen LogP contribution in [-0.4, -0.2) is 64.1 Å². The van der Waals surface area contributed by atoms with E-state index in [2.05, 4.69) is 5.10 Å². The summed E-state index contributed by atoms with van der Waals surface area (Å²) in [6.07, 6.45) is 1.55. The lowest BCUT2D eigenvalue weighted by molar-refractivity contribution is -0.119. The topological polar surface area (TPSA) is 102 Å². The molecule has 1 aromatic rings. The lowest BCUT2D eigenvalue weighted by Crippen LogP contribution is -2.39. The van der Waals surface area contributed by atoms with Gasteiger partial charge in [-0.05, 0) is 18.9 Å². The number of primary amides is 1. The highest BCUT2D eigenvalue weighted by atomic mass is 16.2. The SMILES string of the molecule is CCCn1nc(C(=O)N2CCCN(CC(N)=O)CC2)ccc1=O. The number of amides is 2. The van der Waals surface area contributed by atoms with Crippen molar-refractivity contribution in [2.45, 2.75) is 26.3 Å². The maximum Gasteiger partial charge on any atom is 0.274 e. The Morgan fingerprint density at radius 3 is 2.70 bits per heavy atom. The molecule has 2 amide bonds. The van der Waals surface area contributed by atoms with Crippen LogP contribution in [0.15, 0.2) is 16.9 Å². The van der Waals surface area contributed by atoms with Crippen molar-refractivity contribution in [3.63, 3.8) is 0 Å². The molecular formula is C15H23N5O3. The molecule has 2 N–H and O–H groups in total. The van der Waals surface area contributed by atoms with Gasteiger partial charge in [0.1, 0.15) is 5.69 Å². The quantitative estimate of drug-likeness (QED) is 0.772. The van der Waals surface area contributed by atoms with E-state index in [1.54, 1.807) is 4.90 Å². The molecule has 0 atom stereocenters. The van der Waals surface area contributed by atoms with Gasteiger partial charge in [-0.3, -0.25) is 19.3 Å². The summed E-state index contributed by atoms with van der Waals surface area (Å²) in [5, 5.41) is 4.16. The zero-order chi connectivity index (χ0) is 16.8. The third-order valence-electron chi connectivity index (χ3n) is 3.78. The molecule has 0 unspecified atom stereocenters. The fourth-order valence-corrected chi connectivity index (χ4v) is 2.65. The Hall–Kier alpha value is -2.22. The summed E-state index contributed by atoms with van der Waals surface area (Å²) in [5.74, 6) is -0.547. The average Bonchev–Trinajstić information content (AvgIpc) is 2.74. The predicted octanol–water partition coefficient (Wildman–Crippen LogP) is -0.713. The Kier molecular flexibility index (Phi) is 5.86. The van der Waals surface area contributed by atoms with Crippen LogP contribution in [0.2, 0.25) is 0 Å². The first-order valence-electron chi connectivity index (χ1n) is 7.89. The summed E-state index contributed by atoms with van der Waals surface area (Å²) in [7, 11) is 0. The van der Waals surface area contributed by atoms with E-state index in [-0.39, 0.29) is 29.6 Å². The average molecular weight is 321 g/mol. The zero-order valence-electron chi connectivity index (χ0n) is 13.4. The molecule has 0 spiro atoms. The fourth-order valence-electron chi connectivity index (χ4n) is 2.65. The largest absolute Gasteiger partial charge is 0.369 e. The molecule has 2 rings (SSSR count). The molecule has 1 fully saturated rings. The number of carbonyl (C=O) groups excluding carboxylic acids is 2. The fraction of sp³-hybridized carbons (Fsp3) is 0.600. The number of hydrogen-bond acceptors (Lipinski definition) is 5. The molecular weight excluding hydrogens is 298 g/mol. The van der Waals surface area contributed by atoms with Crippen molar-refractivity contribution in [2.75, 3.05) is 32.7 Å². The second kappa shape index (κ2) is 7.87. The minimum atomic E-state index is -0.363. The van der Waals surface area contributed by atoms with Gasteiger partial charge in [0.2, 0.25) is 5.91 Å². The molecule has 8 nitrogen and oxygen atoms in total. The summed E-state index contributed by atoms with van der Waals surface area (Å²) < 4.78 is 1.32. The summed E-state index contributed by atoms with van der Waals surface area (Å²) in [6, 6.07) is 2.86. The van der Waals surface area contributed by atoms with Crippen molar-refractivity contribution in [2.24, 2.45) is 5.73 Å². The third-order valence-corrected chi connectivity index (χ3v) is 3.78. The third kappa shape index (κ3) is 4.62. The summed E-state index contributed by atoms with van der Waals surface area (Å²) in [5.41, 5.74) is 5.29. The summed E-state index contributed by atoms with van der Waals surface area (Å²) in [6.45, 7) is 5.10. The highest BCUT2D eigenvalue weighted by Gasteiger charge is 2.22. The maximum absolute atomic E-state index is 12.6. The first-order chi connectivity index (χ1) is 11.0. The van der Waals surface area contributed by atoms with Crippen LogP contribution in [0.1, 0.15) is 30.3 Å². The van der Waals surface area contributed by atoms with E-state index in [9.17, 15) is 14.4 Å². The van der Waals surface area contributed by atoms with Gasteiger partial charge in [-0.2, -0.15) is 5.10 Å². The van der Waals surface area contributed by atoms with E-state index >= 15 is 0 Å². The van der Waals surface area contributed by atoms with Gasteiger partial charge in [0.25, 0.3) is 11.5 Å². The first kappa shape index (κ1) is 17.1. The minimum absolute atomic E-state index is 0.184. The molecule has 0 aliphatic carbocycles. The molecule has 0 bridgehead atoms. The Balaban J connectivity index is 2.07. The van der Waals surface area contributed by atoms with E-state index in [1.807, 2.05) is 11.8 Å². The van der Waals surface area contributed by atoms with Crippen molar-refractivity contribution in [1.29, 1.82) is 0 Å². The minimum Gasteiger partial charge on any atom is -0.369 e. The van der Waals surface area contributed by atoms with Crippen LogP contribution < -0.4 is 11.3 Å². The first-order valence-corrected chi connectivity index (χ1v) is 7.89. The smallest absolute Gasteiger partial charge is 0.274 e. The molecule has 1 saturated heterocycles. The van der Waals surface area contributed by atoms with Gasteiger partial charge in [0, 0.05) is 38.8 Å². The van der Waals surface area contributed by atoms with E-state index in [1.165, 1.54) is 16.8 Å². The van der Waals surface area contributed by atoms with Crippen molar-refractivity contribution in [3.05, 3.63) is 28.2 Å². The van der Waals surface area contributed by atoms with Crippen LogP contribution >= 0.6 is 0 Å².